The molecule has 0 saturated heterocycles. The van der Waals surface area contributed by atoms with Crippen LogP contribution in [-0.2, 0) is 6.42 Å². The predicted octanol–water partition coefficient (Wildman–Crippen LogP) is 3.83. The molecule has 0 fully saturated rings. The number of nitrogens with two attached hydrogens (primary N) is 1. The smallest absolute Gasteiger partial charge is 0.0405 e. The van der Waals surface area contributed by atoms with Crippen molar-refractivity contribution in [3.8, 4) is 0 Å². The Hall–Kier alpha value is -1.28. The summed E-state index contributed by atoms with van der Waals surface area (Å²) in [5.41, 5.74) is 8.45. The van der Waals surface area contributed by atoms with Crippen molar-refractivity contribution in [2.45, 2.75) is 19.3 Å². The molecular weight excluding hydrogens is 202 g/mol. The maximum atomic E-state index is 6.06. The van der Waals surface area contributed by atoms with Crippen LogP contribution in [0.1, 0.15) is 23.3 Å². The zero-order valence-electron chi connectivity index (χ0n) is 8.49. The van der Waals surface area contributed by atoms with E-state index in [4.69, 9.17) is 5.73 Å². The molecule has 3 rings (SSSR count). The van der Waals surface area contributed by atoms with E-state index in [1.165, 1.54) is 33.4 Å². The van der Waals surface area contributed by atoms with Crippen LogP contribution in [0.25, 0.3) is 16.2 Å². The van der Waals surface area contributed by atoms with Crippen molar-refractivity contribution < 1.29 is 0 Å². The van der Waals surface area contributed by atoms with E-state index in [2.05, 4.69) is 18.2 Å². The lowest BCUT2D eigenvalue weighted by molar-refractivity contribution is 0.858. The van der Waals surface area contributed by atoms with Crippen LogP contribution in [0.4, 0.5) is 5.69 Å². The van der Waals surface area contributed by atoms with Gasteiger partial charge in [0.1, 0.15) is 0 Å². The molecule has 2 aromatic rings. The van der Waals surface area contributed by atoms with Crippen LogP contribution in [0.3, 0.4) is 0 Å². The highest BCUT2D eigenvalue weighted by molar-refractivity contribution is 7.20. The molecule has 1 nitrogen and oxygen atoms in total. The zero-order valence-corrected chi connectivity index (χ0v) is 9.31. The standard InChI is InChI=1S/C13H13NS/c14-10-6-4-8-12-13(10)9-5-2-1-3-7-11(9)15-12/h3-4,6-8H,1-2,5,14H2. The fourth-order valence-corrected chi connectivity index (χ4v) is 3.45. The number of hydrogen-bond donors (Lipinski definition) is 1. The van der Waals surface area contributed by atoms with Gasteiger partial charge in [0, 0.05) is 20.7 Å². The summed E-state index contributed by atoms with van der Waals surface area (Å²) >= 11 is 1.86. The van der Waals surface area contributed by atoms with Gasteiger partial charge in [-0.1, -0.05) is 12.1 Å². The molecule has 0 radical (unpaired) electrons. The van der Waals surface area contributed by atoms with Gasteiger partial charge in [-0.05, 0) is 43.0 Å². The molecule has 0 bridgehead atoms. The lowest BCUT2D eigenvalue weighted by Crippen LogP contribution is -1.89. The second kappa shape index (κ2) is 3.38. The summed E-state index contributed by atoms with van der Waals surface area (Å²) in [5.74, 6) is 0. The van der Waals surface area contributed by atoms with E-state index in [1.54, 1.807) is 0 Å². The average molecular weight is 215 g/mol. The third kappa shape index (κ3) is 1.37. The summed E-state index contributed by atoms with van der Waals surface area (Å²) in [5, 5.41) is 1.30. The van der Waals surface area contributed by atoms with E-state index in [0.29, 0.717) is 0 Å². The molecule has 76 valence electrons. The molecule has 1 aromatic heterocycles. The summed E-state index contributed by atoms with van der Waals surface area (Å²) < 4.78 is 1.33. The zero-order chi connectivity index (χ0) is 10.3. The van der Waals surface area contributed by atoms with Crippen molar-refractivity contribution in [3.05, 3.63) is 34.7 Å². The van der Waals surface area contributed by atoms with Gasteiger partial charge < -0.3 is 5.73 Å². The minimum absolute atomic E-state index is 0.931. The Bertz CT molecular complexity index is 537. The molecule has 0 atom stereocenters. The highest BCUT2D eigenvalue weighted by Gasteiger charge is 2.13. The van der Waals surface area contributed by atoms with Crippen molar-refractivity contribution in [2.24, 2.45) is 0 Å². The maximum Gasteiger partial charge on any atom is 0.0405 e. The van der Waals surface area contributed by atoms with Crippen molar-refractivity contribution in [1.29, 1.82) is 0 Å². The minimum Gasteiger partial charge on any atom is -0.398 e. The molecule has 0 amide bonds. The second-order valence-corrected chi connectivity index (χ2v) is 5.04. The summed E-state index contributed by atoms with van der Waals surface area (Å²) in [6, 6.07) is 6.21. The topological polar surface area (TPSA) is 26.0 Å². The van der Waals surface area contributed by atoms with Gasteiger partial charge in [0.05, 0.1) is 0 Å². The van der Waals surface area contributed by atoms with Crippen molar-refractivity contribution in [2.75, 3.05) is 5.73 Å². The molecule has 0 aliphatic heterocycles. The summed E-state index contributed by atoms with van der Waals surface area (Å²) in [6.07, 6.45) is 8.12. The number of anilines is 1. The molecule has 15 heavy (non-hydrogen) atoms. The maximum absolute atomic E-state index is 6.06. The average Bonchev–Trinajstić information content (AvgIpc) is 2.43. The summed E-state index contributed by atoms with van der Waals surface area (Å²) in [6.45, 7) is 0. The number of aryl methyl sites for hydroxylation is 1. The normalized spacial score (nSPS) is 15.2. The first-order valence-corrected chi connectivity index (χ1v) is 6.14. The number of benzene rings is 1. The van der Waals surface area contributed by atoms with Gasteiger partial charge in [0.25, 0.3) is 0 Å². The molecule has 2 heteroatoms. The van der Waals surface area contributed by atoms with Gasteiger partial charge >= 0.3 is 0 Å². The van der Waals surface area contributed by atoms with Crippen molar-refractivity contribution >= 4 is 33.2 Å². The van der Waals surface area contributed by atoms with E-state index < -0.39 is 0 Å². The van der Waals surface area contributed by atoms with Crippen LogP contribution >= 0.6 is 11.3 Å². The fourth-order valence-electron chi connectivity index (χ4n) is 2.23. The number of hydrogen-bond acceptors (Lipinski definition) is 2. The van der Waals surface area contributed by atoms with E-state index in [9.17, 15) is 0 Å². The molecule has 0 spiro atoms. The first-order valence-electron chi connectivity index (χ1n) is 5.32. The molecule has 0 unspecified atom stereocenters. The highest BCUT2D eigenvalue weighted by Crippen LogP contribution is 2.37. The molecule has 1 heterocycles. The Morgan fingerprint density at radius 3 is 3.13 bits per heavy atom. The highest BCUT2D eigenvalue weighted by atomic mass is 32.1. The lowest BCUT2D eigenvalue weighted by Gasteiger charge is -2.01. The lowest BCUT2D eigenvalue weighted by atomic mass is 10.1. The van der Waals surface area contributed by atoms with Crippen LogP contribution in [0, 0.1) is 0 Å². The third-order valence-corrected chi connectivity index (χ3v) is 4.11. The first-order chi connectivity index (χ1) is 7.36. The molecule has 0 saturated carbocycles. The Morgan fingerprint density at radius 1 is 1.27 bits per heavy atom. The van der Waals surface area contributed by atoms with Gasteiger partial charge in [-0.3, -0.25) is 0 Å². The summed E-state index contributed by atoms with van der Waals surface area (Å²) in [7, 11) is 0. The molecular formula is C13H13NS. The molecule has 2 N–H and O–H groups in total. The van der Waals surface area contributed by atoms with E-state index in [0.717, 1.165) is 12.1 Å². The van der Waals surface area contributed by atoms with E-state index >= 15 is 0 Å². The molecule has 1 aromatic carbocycles. The molecule has 1 aliphatic rings. The Balaban J connectivity index is 2.37. The van der Waals surface area contributed by atoms with Crippen molar-refractivity contribution in [1.82, 2.24) is 0 Å². The number of allylic oxidation sites excluding steroid dienone is 1. The first kappa shape index (κ1) is 8.98. The van der Waals surface area contributed by atoms with Gasteiger partial charge in [-0.25, -0.2) is 0 Å². The minimum atomic E-state index is 0.931. The van der Waals surface area contributed by atoms with Gasteiger partial charge in [0.2, 0.25) is 0 Å². The monoisotopic (exact) mass is 215 g/mol. The largest absolute Gasteiger partial charge is 0.398 e. The Labute approximate surface area is 93.2 Å². The van der Waals surface area contributed by atoms with Gasteiger partial charge in [-0.2, -0.15) is 0 Å². The van der Waals surface area contributed by atoms with Crippen LogP contribution < -0.4 is 5.73 Å². The third-order valence-electron chi connectivity index (χ3n) is 2.94. The Morgan fingerprint density at radius 2 is 2.20 bits per heavy atom. The second-order valence-electron chi connectivity index (χ2n) is 3.96. The van der Waals surface area contributed by atoms with Gasteiger partial charge in [0.15, 0.2) is 0 Å². The summed E-state index contributed by atoms with van der Waals surface area (Å²) in [4.78, 5) is 1.40. The van der Waals surface area contributed by atoms with E-state index in [-0.39, 0.29) is 0 Å². The van der Waals surface area contributed by atoms with E-state index in [1.807, 2.05) is 23.5 Å². The number of fused-ring (bicyclic) bond motifs is 3. The Kier molecular flexibility index (Phi) is 2.03. The van der Waals surface area contributed by atoms with Crippen LogP contribution in [0.5, 0.6) is 0 Å². The van der Waals surface area contributed by atoms with Gasteiger partial charge in [-0.15, -0.1) is 11.3 Å². The number of thiophene rings is 1. The predicted molar refractivity (Wildman–Crippen MR) is 68.2 cm³/mol. The van der Waals surface area contributed by atoms with Crippen LogP contribution in [-0.4, -0.2) is 0 Å². The van der Waals surface area contributed by atoms with Crippen LogP contribution in [0.2, 0.25) is 0 Å². The molecule has 1 aliphatic carbocycles. The fraction of sp³-hybridized carbons (Fsp3) is 0.231. The van der Waals surface area contributed by atoms with Crippen molar-refractivity contribution in [3.63, 3.8) is 0 Å². The SMILES string of the molecule is Nc1cccc2sc3c(c12)CCCC=C3. The number of rotatable bonds is 0. The quantitative estimate of drug-likeness (QED) is 0.664. The van der Waals surface area contributed by atoms with Crippen LogP contribution in [0.15, 0.2) is 24.3 Å². The number of nitrogen functional groups attached to an aromatic ring is 1.